The molecule has 1 saturated heterocycles. The largest absolute Gasteiger partial charge is 0.481 e. The van der Waals surface area contributed by atoms with E-state index in [0.29, 0.717) is 29.5 Å². The molecule has 0 radical (unpaired) electrons. The van der Waals surface area contributed by atoms with E-state index in [9.17, 15) is 0 Å². The number of anilines is 1. The number of nitrogens with one attached hydrogen (secondary N) is 1. The van der Waals surface area contributed by atoms with Gasteiger partial charge < -0.3 is 14.8 Å². The molecule has 0 amide bonds. The van der Waals surface area contributed by atoms with Gasteiger partial charge in [0, 0.05) is 65.7 Å². The molecule has 0 aliphatic carbocycles. The van der Waals surface area contributed by atoms with E-state index < -0.39 is 0 Å². The van der Waals surface area contributed by atoms with E-state index in [4.69, 9.17) is 24.4 Å². The third-order valence-electron chi connectivity index (χ3n) is 7.93. The van der Waals surface area contributed by atoms with E-state index in [0.717, 1.165) is 66.4 Å². The number of fused-ring (bicyclic) bond motifs is 2. The van der Waals surface area contributed by atoms with Crippen LogP contribution in [0.4, 0.5) is 5.82 Å². The molecule has 6 heterocycles. The second-order valence-electron chi connectivity index (χ2n) is 10.6. The predicted molar refractivity (Wildman–Crippen MR) is 160 cm³/mol. The Morgan fingerprint density at radius 3 is 2.69 bits per heavy atom. The lowest BCUT2D eigenvalue weighted by Gasteiger charge is -2.23. The van der Waals surface area contributed by atoms with Crippen LogP contribution in [0.2, 0.25) is 0 Å². The molecule has 1 atom stereocenters. The maximum absolute atomic E-state index is 5.63. The van der Waals surface area contributed by atoms with Crippen LogP contribution in [0.3, 0.4) is 0 Å². The minimum atomic E-state index is 0.426. The third kappa shape index (κ3) is 5.12. The number of thioether (sulfide) groups is 1. The van der Waals surface area contributed by atoms with Crippen LogP contribution in [0.1, 0.15) is 50.4 Å². The SMILES string of the molecule is CNc1nccc2cc(-c3c4c(nc(CCC5CCOCC5)c3-c3nccc(OC)n3)C(C(C)C)CS4)sc12. The molecule has 9 heteroatoms. The van der Waals surface area contributed by atoms with E-state index >= 15 is 0 Å². The summed E-state index contributed by atoms with van der Waals surface area (Å²) in [4.78, 5) is 22.1. The van der Waals surface area contributed by atoms with Crippen molar-refractivity contribution in [3.63, 3.8) is 0 Å². The summed E-state index contributed by atoms with van der Waals surface area (Å²) in [5, 5.41) is 4.45. The van der Waals surface area contributed by atoms with Gasteiger partial charge in [-0.05, 0) is 55.0 Å². The van der Waals surface area contributed by atoms with Crippen LogP contribution >= 0.6 is 23.1 Å². The van der Waals surface area contributed by atoms with Crippen molar-refractivity contribution in [2.45, 2.75) is 50.3 Å². The Morgan fingerprint density at radius 1 is 1.10 bits per heavy atom. The molecule has 2 aliphatic heterocycles. The monoisotopic (exact) mass is 561 g/mol. The highest BCUT2D eigenvalue weighted by Crippen LogP contribution is 2.53. The standard InChI is InChI=1S/C30H35N5O2S2/c1-17(2)20-16-38-28-25(22-15-19-7-11-33-30(31-3)27(19)39-22)24(29-32-12-8-23(35-29)36-4)21(34-26(20)28)6-5-18-9-13-37-14-10-18/h7-8,11-12,15,17-18,20H,5-6,9-10,13-14,16H2,1-4H3,(H,31,33). The highest BCUT2D eigenvalue weighted by atomic mass is 32.2. The third-order valence-corrected chi connectivity index (χ3v) is 10.3. The fourth-order valence-electron chi connectivity index (χ4n) is 5.67. The van der Waals surface area contributed by atoms with Gasteiger partial charge >= 0.3 is 0 Å². The molecule has 1 fully saturated rings. The second-order valence-corrected chi connectivity index (χ2v) is 12.7. The van der Waals surface area contributed by atoms with Crippen LogP contribution in [0.5, 0.6) is 5.88 Å². The summed E-state index contributed by atoms with van der Waals surface area (Å²) < 4.78 is 12.3. The van der Waals surface area contributed by atoms with Gasteiger partial charge in [-0.25, -0.2) is 9.97 Å². The molecule has 7 nitrogen and oxygen atoms in total. The summed E-state index contributed by atoms with van der Waals surface area (Å²) in [5.74, 6) is 4.79. The Labute approximate surface area is 238 Å². The first-order chi connectivity index (χ1) is 19.1. The lowest BCUT2D eigenvalue weighted by molar-refractivity contribution is 0.0639. The molecule has 4 aromatic heterocycles. The predicted octanol–water partition coefficient (Wildman–Crippen LogP) is 7.07. The van der Waals surface area contributed by atoms with Gasteiger partial charge in [0.1, 0.15) is 5.82 Å². The fourth-order valence-corrected chi connectivity index (χ4v) is 8.53. The summed E-state index contributed by atoms with van der Waals surface area (Å²) in [7, 11) is 3.58. The van der Waals surface area contributed by atoms with Crippen LogP contribution in [-0.4, -0.2) is 53.1 Å². The Balaban J connectivity index is 1.59. The zero-order valence-electron chi connectivity index (χ0n) is 23.0. The van der Waals surface area contributed by atoms with Gasteiger partial charge in [0.25, 0.3) is 0 Å². The molecule has 1 unspecified atom stereocenters. The van der Waals surface area contributed by atoms with Crippen molar-refractivity contribution in [2.75, 3.05) is 38.4 Å². The highest BCUT2D eigenvalue weighted by Gasteiger charge is 2.34. The van der Waals surface area contributed by atoms with Crippen LogP contribution in [0, 0.1) is 11.8 Å². The van der Waals surface area contributed by atoms with Crippen LogP contribution in [-0.2, 0) is 11.2 Å². The number of rotatable bonds is 8. The number of methoxy groups -OCH3 is 1. The number of pyridine rings is 2. The summed E-state index contributed by atoms with van der Waals surface area (Å²) in [6.07, 6.45) is 7.87. The maximum Gasteiger partial charge on any atom is 0.216 e. The highest BCUT2D eigenvalue weighted by molar-refractivity contribution is 7.99. The molecular weight excluding hydrogens is 526 g/mol. The Morgan fingerprint density at radius 2 is 1.92 bits per heavy atom. The molecule has 39 heavy (non-hydrogen) atoms. The minimum Gasteiger partial charge on any atom is -0.481 e. The Kier molecular flexibility index (Phi) is 7.73. The molecule has 0 saturated carbocycles. The number of aromatic nitrogens is 4. The lowest BCUT2D eigenvalue weighted by Crippen LogP contribution is -2.17. The summed E-state index contributed by atoms with van der Waals surface area (Å²) >= 11 is 3.71. The molecule has 2 aliphatic rings. The van der Waals surface area contributed by atoms with Crippen LogP contribution in [0.25, 0.3) is 31.9 Å². The van der Waals surface area contributed by atoms with E-state index in [2.05, 4.69) is 36.3 Å². The van der Waals surface area contributed by atoms with Crippen molar-refractivity contribution in [2.24, 2.45) is 11.8 Å². The molecule has 0 bridgehead atoms. The zero-order valence-corrected chi connectivity index (χ0v) is 24.6. The summed E-state index contributed by atoms with van der Waals surface area (Å²) in [5.41, 5.74) is 4.60. The molecule has 4 aromatic rings. The molecule has 0 spiro atoms. The van der Waals surface area contributed by atoms with Gasteiger partial charge in [0.05, 0.1) is 28.8 Å². The topological polar surface area (TPSA) is 82.1 Å². The normalized spacial score (nSPS) is 17.6. The van der Waals surface area contributed by atoms with Crippen LogP contribution < -0.4 is 10.1 Å². The molecule has 6 rings (SSSR count). The average molecular weight is 562 g/mol. The van der Waals surface area contributed by atoms with Gasteiger partial charge in [0.15, 0.2) is 5.82 Å². The number of hydrogen-bond acceptors (Lipinski definition) is 9. The van der Waals surface area contributed by atoms with E-state index in [1.807, 2.05) is 25.0 Å². The van der Waals surface area contributed by atoms with Crippen molar-refractivity contribution in [1.82, 2.24) is 19.9 Å². The molecular formula is C30H35N5O2S2. The quantitative estimate of drug-likeness (QED) is 0.245. The number of aryl methyl sites for hydroxylation is 1. The molecule has 0 aromatic carbocycles. The van der Waals surface area contributed by atoms with Crippen molar-refractivity contribution in [1.29, 1.82) is 0 Å². The van der Waals surface area contributed by atoms with Crippen molar-refractivity contribution < 1.29 is 9.47 Å². The number of thiophene rings is 1. The Hall–Kier alpha value is -2.75. The second kappa shape index (κ2) is 11.4. The van der Waals surface area contributed by atoms with Crippen LogP contribution in [0.15, 0.2) is 35.5 Å². The molecule has 204 valence electrons. The van der Waals surface area contributed by atoms with E-state index in [1.165, 1.54) is 26.4 Å². The maximum atomic E-state index is 5.63. The zero-order chi connectivity index (χ0) is 26.9. The Bertz CT molecular complexity index is 1480. The van der Waals surface area contributed by atoms with Crippen molar-refractivity contribution >= 4 is 39.0 Å². The van der Waals surface area contributed by atoms with Crippen molar-refractivity contribution in [3.8, 4) is 27.7 Å². The van der Waals surface area contributed by atoms with Gasteiger partial charge in [-0.1, -0.05) is 13.8 Å². The van der Waals surface area contributed by atoms with Gasteiger partial charge in [-0.15, -0.1) is 23.1 Å². The number of ether oxygens (including phenoxy) is 2. The average Bonchev–Trinajstić information content (AvgIpc) is 3.60. The van der Waals surface area contributed by atoms with Gasteiger partial charge in [0.2, 0.25) is 5.88 Å². The van der Waals surface area contributed by atoms with Gasteiger partial charge in [-0.3, -0.25) is 4.98 Å². The fraction of sp³-hybridized carbons (Fsp3) is 0.467. The number of hydrogen-bond donors (Lipinski definition) is 1. The first-order valence-corrected chi connectivity index (χ1v) is 15.6. The van der Waals surface area contributed by atoms with Gasteiger partial charge in [-0.2, -0.15) is 4.98 Å². The van der Waals surface area contributed by atoms with E-state index in [1.54, 1.807) is 30.7 Å². The molecule has 1 N–H and O–H groups in total. The summed E-state index contributed by atoms with van der Waals surface area (Å²) in [6.45, 7) is 6.34. The van der Waals surface area contributed by atoms with Crippen molar-refractivity contribution in [3.05, 3.63) is 42.0 Å². The summed E-state index contributed by atoms with van der Waals surface area (Å²) in [6, 6.07) is 6.20. The smallest absolute Gasteiger partial charge is 0.216 e. The first-order valence-electron chi connectivity index (χ1n) is 13.8. The lowest BCUT2D eigenvalue weighted by atomic mass is 9.89. The first kappa shape index (κ1) is 26.5. The number of nitrogens with zero attached hydrogens (tertiary/aromatic N) is 4. The minimum absolute atomic E-state index is 0.426. The van der Waals surface area contributed by atoms with E-state index in [-0.39, 0.29) is 0 Å².